The van der Waals surface area contributed by atoms with Crippen LogP contribution in [-0.4, -0.2) is 52.4 Å². The third-order valence-corrected chi connectivity index (χ3v) is 4.62. The maximum Gasteiger partial charge on any atom is 0.251 e. The Bertz CT molecular complexity index is 703. The Hall–Kier alpha value is -2.34. The highest BCUT2D eigenvalue weighted by Gasteiger charge is 2.28. The first-order chi connectivity index (χ1) is 11.6. The van der Waals surface area contributed by atoms with Crippen molar-refractivity contribution in [2.24, 2.45) is 0 Å². The van der Waals surface area contributed by atoms with E-state index in [2.05, 4.69) is 10.2 Å². The topological polar surface area (TPSA) is 78.5 Å². The molecular formula is C18H23N3O3. The SMILES string of the molecule is COc1cccc(-c2cn[nH]c2C2CCN(C(=O)[C@H](C)O)CC2)c1. The molecule has 1 saturated heterocycles. The highest BCUT2D eigenvalue weighted by atomic mass is 16.5. The van der Waals surface area contributed by atoms with Crippen LogP contribution in [0, 0.1) is 0 Å². The second-order valence-electron chi connectivity index (χ2n) is 6.20. The number of nitrogens with one attached hydrogen (secondary N) is 1. The zero-order chi connectivity index (χ0) is 17.1. The van der Waals surface area contributed by atoms with Crippen LogP contribution in [0.15, 0.2) is 30.5 Å². The van der Waals surface area contributed by atoms with E-state index in [4.69, 9.17) is 4.74 Å². The van der Waals surface area contributed by atoms with Gasteiger partial charge in [-0.25, -0.2) is 0 Å². The van der Waals surface area contributed by atoms with Gasteiger partial charge in [0.05, 0.1) is 13.3 Å². The molecule has 0 aliphatic carbocycles. The Kier molecular flexibility index (Phi) is 4.85. The monoisotopic (exact) mass is 329 g/mol. The first-order valence-electron chi connectivity index (χ1n) is 8.24. The molecule has 0 saturated carbocycles. The van der Waals surface area contributed by atoms with Gasteiger partial charge in [-0.1, -0.05) is 12.1 Å². The van der Waals surface area contributed by atoms with Gasteiger partial charge in [0.15, 0.2) is 0 Å². The van der Waals surface area contributed by atoms with Gasteiger partial charge in [-0.3, -0.25) is 9.89 Å². The molecule has 24 heavy (non-hydrogen) atoms. The van der Waals surface area contributed by atoms with Gasteiger partial charge in [0.25, 0.3) is 5.91 Å². The van der Waals surface area contributed by atoms with Crippen LogP contribution in [0.25, 0.3) is 11.1 Å². The zero-order valence-electron chi connectivity index (χ0n) is 14.0. The number of aromatic nitrogens is 2. The molecule has 1 amide bonds. The Morgan fingerprint density at radius 3 is 2.83 bits per heavy atom. The summed E-state index contributed by atoms with van der Waals surface area (Å²) in [5.74, 6) is 0.954. The van der Waals surface area contributed by atoms with Crippen molar-refractivity contribution in [1.29, 1.82) is 0 Å². The fraction of sp³-hybridized carbons (Fsp3) is 0.444. The van der Waals surface area contributed by atoms with Gasteiger partial charge in [0, 0.05) is 30.3 Å². The van der Waals surface area contributed by atoms with Gasteiger partial charge in [0.1, 0.15) is 11.9 Å². The molecule has 0 unspecified atom stereocenters. The summed E-state index contributed by atoms with van der Waals surface area (Å²) in [5, 5.41) is 16.8. The highest BCUT2D eigenvalue weighted by Crippen LogP contribution is 2.34. The van der Waals surface area contributed by atoms with Gasteiger partial charge in [-0.15, -0.1) is 0 Å². The largest absolute Gasteiger partial charge is 0.497 e. The highest BCUT2D eigenvalue weighted by molar-refractivity contribution is 5.80. The number of aliphatic hydroxyl groups is 1. The van der Waals surface area contributed by atoms with Crippen LogP contribution in [0.1, 0.15) is 31.4 Å². The minimum Gasteiger partial charge on any atom is -0.497 e. The van der Waals surface area contributed by atoms with E-state index in [1.165, 1.54) is 6.92 Å². The number of nitrogens with zero attached hydrogens (tertiary/aromatic N) is 2. The number of carbonyl (C=O) groups excluding carboxylic acids is 1. The summed E-state index contributed by atoms with van der Waals surface area (Å²) >= 11 is 0. The van der Waals surface area contributed by atoms with Crippen molar-refractivity contribution in [2.75, 3.05) is 20.2 Å². The van der Waals surface area contributed by atoms with Crippen LogP contribution in [0.4, 0.5) is 0 Å². The molecule has 128 valence electrons. The molecule has 2 aromatic rings. The number of ether oxygens (including phenoxy) is 1. The average molecular weight is 329 g/mol. The summed E-state index contributed by atoms with van der Waals surface area (Å²) in [6.45, 7) is 2.83. The lowest BCUT2D eigenvalue weighted by Crippen LogP contribution is -2.42. The number of rotatable bonds is 4. The van der Waals surface area contributed by atoms with Gasteiger partial charge in [-0.2, -0.15) is 5.10 Å². The van der Waals surface area contributed by atoms with Crippen molar-refractivity contribution < 1.29 is 14.6 Å². The molecule has 0 radical (unpaired) electrons. The summed E-state index contributed by atoms with van der Waals surface area (Å²) in [6.07, 6.45) is 2.63. The number of aromatic amines is 1. The Balaban J connectivity index is 1.76. The lowest BCUT2D eigenvalue weighted by Gasteiger charge is -2.32. The molecule has 1 aromatic heterocycles. The first-order valence-corrected chi connectivity index (χ1v) is 8.24. The van der Waals surface area contributed by atoms with Crippen LogP contribution in [-0.2, 0) is 4.79 Å². The number of likely N-dealkylation sites (tertiary alicyclic amines) is 1. The number of hydrogen-bond acceptors (Lipinski definition) is 4. The van der Waals surface area contributed by atoms with Gasteiger partial charge in [0.2, 0.25) is 0 Å². The van der Waals surface area contributed by atoms with Gasteiger partial charge in [-0.05, 0) is 37.5 Å². The number of benzene rings is 1. The minimum atomic E-state index is -0.930. The third kappa shape index (κ3) is 3.28. The van der Waals surface area contributed by atoms with Crippen molar-refractivity contribution in [3.8, 4) is 16.9 Å². The average Bonchev–Trinajstić information content (AvgIpc) is 3.11. The predicted molar refractivity (Wildman–Crippen MR) is 90.8 cm³/mol. The third-order valence-electron chi connectivity index (χ3n) is 4.62. The van der Waals surface area contributed by atoms with E-state index in [1.54, 1.807) is 12.0 Å². The molecule has 3 rings (SSSR count). The number of amides is 1. The minimum absolute atomic E-state index is 0.189. The first kappa shape index (κ1) is 16.5. The number of hydrogen-bond donors (Lipinski definition) is 2. The fourth-order valence-electron chi connectivity index (χ4n) is 3.28. The standard InChI is InChI=1S/C18H23N3O3/c1-12(22)18(23)21-8-6-13(7-9-21)17-16(11-19-20-17)14-4-3-5-15(10-14)24-2/h3-5,10-13,22H,6-9H2,1-2H3,(H,19,20)/t12-/m0/s1. The molecule has 0 spiro atoms. The smallest absolute Gasteiger partial charge is 0.251 e. The molecule has 1 aliphatic heterocycles. The molecule has 1 fully saturated rings. The molecule has 6 nitrogen and oxygen atoms in total. The summed E-state index contributed by atoms with van der Waals surface area (Å²) in [4.78, 5) is 13.6. The van der Waals surface area contributed by atoms with Crippen molar-refractivity contribution >= 4 is 5.91 Å². The zero-order valence-corrected chi connectivity index (χ0v) is 14.0. The summed E-state index contributed by atoms with van der Waals surface area (Å²) in [6, 6.07) is 7.93. The van der Waals surface area contributed by atoms with Crippen LogP contribution in [0.2, 0.25) is 0 Å². The lowest BCUT2D eigenvalue weighted by molar-refractivity contribution is -0.140. The number of methoxy groups -OCH3 is 1. The molecule has 2 heterocycles. The van der Waals surface area contributed by atoms with Crippen LogP contribution in [0.3, 0.4) is 0 Å². The summed E-state index contributed by atoms with van der Waals surface area (Å²) in [5.41, 5.74) is 3.25. The summed E-state index contributed by atoms with van der Waals surface area (Å²) < 4.78 is 5.30. The van der Waals surface area contributed by atoms with Crippen LogP contribution >= 0.6 is 0 Å². The molecule has 0 bridgehead atoms. The molecule has 6 heteroatoms. The van der Waals surface area contributed by atoms with Crippen molar-refractivity contribution in [1.82, 2.24) is 15.1 Å². The Morgan fingerprint density at radius 2 is 2.17 bits per heavy atom. The Labute approximate surface area is 141 Å². The van der Waals surface area contributed by atoms with Gasteiger partial charge < -0.3 is 14.7 Å². The van der Waals surface area contributed by atoms with E-state index in [-0.39, 0.29) is 5.91 Å². The molecule has 1 aliphatic rings. The van der Waals surface area contributed by atoms with Crippen molar-refractivity contribution in [2.45, 2.75) is 31.8 Å². The van der Waals surface area contributed by atoms with E-state index in [1.807, 2.05) is 30.5 Å². The Morgan fingerprint density at radius 1 is 1.42 bits per heavy atom. The molecular weight excluding hydrogens is 306 g/mol. The van der Waals surface area contributed by atoms with Gasteiger partial charge >= 0.3 is 0 Å². The second kappa shape index (κ2) is 7.05. The van der Waals surface area contributed by atoms with E-state index in [0.717, 1.165) is 35.4 Å². The number of carbonyl (C=O) groups is 1. The second-order valence-corrected chi connectivity index (χ2v) is 6.20. The van der Waals surface area contributed by atoms with E-state index >= 15 is 0 Å². The summed E-state index contributed by atoms with van der Waals surface area (Å²) in [7, 11) is 1.66. The van der Waals surface area contributed by atoms with E-state index in [9.17, 15) is 9.90 Å². The quantitative estimate of drug-likeness (QED) is 0.901. The predicted octanol–water partition coefficient (Wildman–Crippen LogP) is 2.17. The number of aliphatic hydroxyl groups excluding tert-OH is 1. The fourth-order valence-corrected chi connectivity index (χ4v) is 3.28. The normalized spacial score (nSPS) is 16.9. The molecule has 2 N–H and O–H groups in total. The lowest BCUT2D eigenvalue weighted by atomic mass is 9.89. The number of H-pyrrole nitrogens is 1. The van der Waals surface area contributed by atoms with Crippen molar-refractivity contribution in [3.63, 3.8) is 0 Å². The van der Waals surface area contributed by atoms with Crippen molar-refractivity contribution in [3.05, 3.63) is 36.2 Å². The maximum absolute atomic E-state index is 11.9. The van der Waals surface area contributed by atoms with E-state index in [0.29, 0.717) is 19.0 Å². The molecule has 1 aromatic carbocycles. The number of piperidine rings is 1. The van der Waals surface area contributed by atoms with Crippen LogP contribution in [0.5, 0.6) is 5.75 Å². The maximum atomic E-state index is 11.9. The van der Waals surface area contributed by atoms with E-state index < -0.39 is 6.10 Å². The van der Waals surface area contributed by atoms with Crippen LogP contribution < -0.4 is 4.74 Å². The molecule has 1 atom stereocenters.